The molecule has 1 amide bonds. The molecule has 0 aliphatic carbocycles. The van der Waals surface area contributed by atoms with Crippen LogP contribution >= 0.6 is 0 Å². The lowest BCUT2D eigenvalue weighted by atomic mass is 10.2. The number of aromatic nitrogens is 1. The molecule has 0 unspecified atom stereocenters. The number of carbonyl (C=O) groups excluding carboxylic acids is 1. The lowest BCUT2D eigenvalue weighted by Crippen LogP contribution is -2.27. The molecular weight excluding hydrogens is 296 g/mol. The molecule has 21 heavy (non-hydrogen) atoms. The molecule has 0 aliphatic rings. The predicted molar refractivity (Wildman–Crippen MR) is 65.7 cm³/mol. The van der Waals surface area contributed by atoms with Crippen molar-refractivity contribution < 1.29 is 31.8 Å². The highest BCUT2D eigenvalue weighted by atomic mass is 19.3. The molecule has 1 heterocycles. The minimum atomic E-state index is -3.27. The predicted octanol–water partition coefficient (Wildman–Crippen LogP) is 3.97. The van der Waals surface area contributed by atoms with E-state index in [0.29, 0.717) is 0 Å². The summed E-state index contributed by atoms with van der Waals surface area (Å²) in [5.74, 6) is -0.811. The Balaban J connectivity index is 2.97. The first kappa shape index (κ1) is 17.0. The number of carbonyl (C=O) groups is 1. The van der Waals surface area contributed by atoms with E-state index in [1.807, 2.05) is 0 Å². The Bertz CT molecular complexity index is 504. The Labute approximate surface area is 118 Å². The van der Waals surface area contributed by atoms with E-state index in [9.17, 15) is 22.4 Å². The zero-order chi connectivity index (χ0) is 16.2. The van der Waals surface area contributed by atoms with Crippen LogP contribution in [-0.2, 0) is 4.74 Å². The van der Waals surface area contributed by atoms with Crippen LogP contribution in [0.2, 0.25) is 0 Å². The average molecular weight is 310 g/mol. The number of hydrogen-bond donors (Lipinski definition) is 1. The molecule has 0 spiro atoms. The second-order valence-electron chi connectivity index (χ2n) is 4.89. The summed E-state index contributed by atoms with van der Waals surface area (Å²) < 4.78 is 58.4. The molecule has 0 saturated heterocycles. The van der Waals surface area contributed by atoms with Gasteiger partial charge >= 0.3 is 12.7 Å². The first-order valence-corrected chi connectivity index (χ1v) is 5.82. The molecule has 0 fully saturated rings. The molecule has 0 atom stereocenters. The van der Waals surface area contributed by atoms with Crippen molar-refractivity contribution in [3.8, 4) is 5.88 Å². The molecule has 1 rings (SSSR count). The Hall–Kier alpha value is -2.06. The average Bonchev–Trinajstić information content (AvgIpc) is 2.27. The lowest BCUT2D eigenvalue weighted by molar-refractivity contribution is -0.0528. The summed E-state index contributed by atoms with van der Waals surface area (Å²) in [5.41, 5.74) is -1.86. The molecule has 0 aromatic carbocycles. The topological polar surface area (TPSA) is 60.5 Å². The van der Waals surface area contributed by atoms with Crippen molar-refractivity contribution >= 4 is 11.8 Å². The van der Waals surface area contributed by atoms with Crippen LogP contribution in [0.4, 0.5) is 28.0 Å². The summed E-state index contributed by atoms with van der Waals surface area (Å²) in [7, 11) is 0. The molecular formula is C12H14F4N2O3. The van der Waals surface area contributed by atoms with Crippen molar-refractivity contribution in [1.82, 2.24) is 4.98 Å². The highest BCUT2D eigenvalue weighted by molar-refractivity contribution is 5.86. The maximum atomic E-state index is 12.5. The monoisotopic (exact) mass is 310 g/mol. The van der Waals surface area contributed by atoms with Crippen LogP contribution in [0.15, 0.2) is 12.1 Å². The van der Waals surface area contributed by atoms with Gasteiger partial charge in [-0.25, -0.2) is 18.6 Å². The number of hydrogen-bond acceptors (Lipinski definition) is 4. The van der Waals surface area contributed by atoms with Gasteiger partial charge in [0.05, 0.1) is 0 Å². The van der Waals surface area contributed by atoms with Crippen LogP contribution in [0.25, 0.3) is 0 Å². The van der Waals surface area contributed by atoms with Crippen LogP contribution in [0, 0.1) is 0 Å². The molecule has 118 valence electrons. The standard InChI is InChI=1S/C12H14F4N2O3/c1-12(2,3)21-11(19)18-7-5-4-6(8(13)14)17-9(7)20-10(15)16/h4-5,8,10H,1-3H3,(H,18,19). The molecule has 0 aliphatic heterocycles. The number of alkyl halides is 4. The van der Waals surface area contributed by atoms with E-state index in [2.05, 4.69) is 15.0 Å². The number of nitrogens with one attached hydrogen (secondary N) is 1. The summed E-state index contributed by atoms with van der Waals surface area (Å²) in [6.45, 7) is 1.52. The Morgan fingerprint density at radius 1 is 1.24 bits per heavy atom. The molecule has 9 heteroatoms. The van der Waals surface area contributed by atoms with Gasteiger partial charge in [0.2, 0.25) is 5.88 Å². The van der Waals surface area contributed by atoms with E-state index >= 15 is 0 Å². The SMILES string of the molecule is CC(C)(C)OC(=O)Nc1ccc(C(F)F)nc1OC(F)F. The Kier molecular flexibility index (Phi) is 5.34. The fourth-order valence-corrected chi connectivity index (χ4v) is 1.26. The third kappa shape index (κ3) is 5.84. The van der Waals surface area contributed by atoms with Gasteiger partial charge in [0.15, 0.2) is 0 Å². The van der Waals surface area contributed by atoms with Crippen molar-refractivity contribution in [2.24, 2.45) is 0 Å². The van der Waals surface area contributed by atoms with Crippen molar-refractivity contribution in [3.05, 3.63) is 17.8 Å². The van der Waals surface area contributed by atoms with Crippen molar-refractivity contribution in [2.45, 2.75) is 39.4 Å². The van der Waals surface area contributed by atoms with Crippen LogP contribution < -0.4 is 10.1 Å². The zero-order valence-electron chi connectivity index (χ0n) is 11.5. The third-order valence-electron chi connectivity index (χ3n) is 1.94. The van der Waals surface area contributed by atoms with Crippen LogP contribution in [0.1, 0.15) is 32.9 Å². The highest BCUT2D eigenvalue weighted by Gasteiger charge is 2.21. The molecule has 1 aromatic rings. The van der Waals surface area contributed by atoms with Crippen LogP contribution in [-0.4, -0.2) is 23.3 Å². The summed E-state index contributed by atoms with van der Waals surface area (Å²) in [6, 6.07) is 1.87. The largest absolute Gasteiger partial charge is 0.444 e. The van der Waals surface area contributed by atoms with Gasteiger partial charge in [-0.1, -0.05) is 0 Å². The van der Waals surface area contributed by atoms with Gasteiger partial charge < -0.3 is 9.47 Å². The van der Waals surface area contributed by atoms with Gasteiger partial charge in [-0.05, 0) is 32.9 Å². The van der Waals surface area contributed by atoms with Gasteiger partial charge in [-0.3, -0.25) is 5.32 Å². The maximum Gasteiger partial charge on any atom is 0.412 e. The second kappa shape index (κ2) is 6.59. The Morgan fingerprint density at radius 2 is 1.86 bits per heavy atom. The smallest absolute Gasteiger partial charge is 0.412 e. The van der Waals surface area contributed by atoms with E-state index in [0.717, 1.165) is 12.1 Å². The molecule has 0 bridgehead atoms. The van der Waals surface area contributed by atoms with E-state index in [1.54, 1.807) is 20.8 Å². The van der Waals surface area contributed by atoms with Gasteiger partial charge in [0, 0.05) is 0 Å². The number of nitrogens with zero attached hydrogens (tertiary/aromatic N) is 1. The summed E-state index contributed by atoms with van der Waals surface area (Å²) >= 11 is 0. The third-order valence-corrected chi connectivity index (χ3v) is 1.94. The van der Waals surface area contributed by atoms with E-state index in [4.69, 9.17) is 4.74 Å². The number of pyridine rings is 1. The molecule has 0 radical (unpaired) electrons. The summed E-state index contributed by atoms with van der Waals surface area (Å²) in [4.78, 5) is 14.8. The lowest BCUT2D eigenvalue weighted by Gasteiger charge is -2.20. The van der Waals surface area contributed by atoms with Crippen LogP contribution in [0.5, 0.6) is 5.88 Å². The van der Waals surface area contributed by atoms with Gasteiger partial charge in [-0.2, -0.15) is 8.78 Å². The number of amides is 1. The number of rotatable bonds is 4. The van der Waals surface area contributed by atoms with Gasteiger partial charge in [0.1, 0.15) is 17.0 Å². The molecule has 0 saturated carbocycles. The highest BCUT2D eigenvalue weighted by Crippen LogP contribution is 2.28. The molecule has 1 N–H and O–H groups in total. The fraction of sp³-hybridized carbons (Fsp3) is 0.500. The van der Waals surface area contributed by atoms with E-state index in [1.165, 1.54) is 0 Å². The minimum Gasteiger partial charge on any atom is -0.444 e. The number of anilines is 1. The van der Waals surface area contributed by atoms with Crippen LogP contribution in [0.3, 0.4) is 0 Å². The fourth-order valence-electron chi connectivity index (χ4n) is 1.26. The first-order chi connectivity index (χ1) is 9.58. The Morgan fingerprint density at radius 3 is 2.33 bits per heavy atom. The quantitative estimate of drug-likeness (QED) is 0.855. The van der Waals surface area contributed by atoms with E-state index in [-0.39, 0.29) is 5.69 Å². The zero-order valence-corrected chi connectivity index (χ0v) is 11.5. The summed E-state index contributed by atoms with van der Waals surface area (Å²) in [6.07, 6.45) is -3.91. The number of ether oxygens (including phenoxy) is 2. The molecule has 5 nitrogen and oxygen atoms in total. The summed E-state index contributed by atoms with van der Waals surface area (Å²) in [5, 5.41) is 2.11. The van der Waals surface area contributed by atoms with Crippen molar-refractivity contribution in [3.63, 3.8) is 0 Å². The van der Waals surface area contributed by atoms with Gasteiger partial charge in [0.25, 0.3) is 6.43 Å². The van der Waals surface area contributed by atoms with Crippen molar-refractivity contribution in [1.29, 1.82) is 0 Å². The number of halogens is 4. The van der Waals surface area contributed by atoms with Crippen molar-refractivity contribution in [2.75, 3.05) is 5.32 Å². The first-order valence-electron chi connectivity index (χ1n) is 5.82. The second-order valence-corrected chi connectivity index (χ2v) is 4.89. The minimum absolute atomic E-state index is 0.297. The maximum absolute atomic E-state index is 12.5. The van der Waals surface area contributed by atoms with Gasteiger partial charge in [-0.15, -0.1) is 0 Å². The molecule has 1 aromatic heterocycles. The normalized spacial score (nSPS) is 11.7. The van der Waals surface area contributed by atoms with E-state index < -0.39 is 36.3 Å².